The van der Waals surface area contributed by atoms with Gasteiger partial charge in [0.25, 0.3) is 0 Å². The highest BCUT2D eigenvalue weighted by Gasteiger charge is 2.19. The van der Waals surface area contributed by atoms with Crippen LogP contribution >= 0.6 is 0 Å². The third kappa shape index (κ3) is 2.10. The number of anilines is 1. The Morgan fingerprint density at radius 1 is 1.47 bits per heavy atom. The molecule has 5 heteroatoms. The standard InChI is InChI=1S/C14H18N4O/c1-10-11-5-4-6-12(16-9-19)14(11)17-18(10)13-7-2-3-8-15-13/h4-6,9,13,15H,2-3,7-8H2,1H3,(H,16,19). The molecule has 100 valence electrons. The molecule has 1 atom stereocenters. The lowest BCUT2D eigenvalue weighted by Gasteiger charge is -2.24. The van der Waals surface area contributed by atoms with Crippen LogP contribution < -0.4 is 10.6 Å². The minimum absolute atomic E-state index is 0.269. The van der Waals surface area contributed by atoms with Crippen LogP contribution in [0.15, 0.2) is 18.2 Å². The van der Waals surface area contributed by atoms with E-state index in [4.69, 9.17) is 0 Å². The number of amides is 1. The number of carbonyl (C=O) groups is 1. The van der Waals surface area contributed by atoms with Gasteiger partial charge in [0, 0.05) is 11.1 Å². The van der Waals surface area contributed by atoms with Gasteiger partial charge in [-0.15, -0.1) is 0 Å². The maximum atomic E-state index is 10.7. The summed E-state index contributed by atoms with van der Waals surface area (Å²) in [6, 6.07) is 5.87. The summed E-state index contributed by atoms with van der Waals surface area (Å²) in [6.45, 7) is 3.12. The predicted octanol–water partition coefficient (Wildman–Crippen LogP) is 2.19. The van der Waals surface area contributed by atoms with Gasteiger partial charge in [0.1, 0.15) is 11.7 Å². The molecular formula is C14H18N4O. The Morgan fingerprint density at radius 2 is 2.37 bits per heavy atom. The number of hydrogen-bond donors (Lipinski definition) is 2. The molecule has 19 heavy (non-hydrogen) atoms. The van der Waals surface area contributed by atoms with Crippen LogP contribution in [0.4, 0.5) is 5.69 Å². The summed E-state index contributed by atoms with van der Waals surface area (Å²) < 4.78 is 2.06. The summed E-state index contributed by atoms with van der Waals surface area (Å²) >= 11 is 0. The van der Waals surface area contributed by atoms with Crippen LogP contribution in [0.2, 0.25) is 0 Å². The number of nitrogens with zero attached hydrogens (tertiary/aromatic N) is 2. The Labute approximate surface area is 112 Å². The van der Waals surface area contributed by atoms with Crippen molar-refractivity contribution in [3.8, 4) is 0 Å². The van der Waals surface area contributed by atoms with E-state index in [0.717, 1.165) is 35.2 Å². The number of aryl methyl sites for hydroxylation is 1. The molecule has 1 aromatic carbocycles. The summed E-state index contributed by atoms with van der Waals surface area (Å²) in [4.78, 5) is 10.7. The third-order valence-corrected chi connectivity index (χ3v) is 3.77. The topological polar surface area (TPSA) is 59.0 Å². The van der Waals surface area contributed by atoms with Crippen molar-refractivity contribution in [3.05, 3.63) is 23.9 Å². The summed E-state index contributed by atoms with van der Waals surface area (Å²) in [5.41, 5.74) is 2.77. The monoisotopic (exact) mass is 258 g/mol. The average Bonchev–Trinajstić information content (AvgIpc) is 2.79. The number of hydrogen-bond acceptors (Lipinski definition) is 3. The molecule has 2 aromatic rings. The van der Waals surface area contributed by atoms with E-state index in [1.807, 2.05) is 18.2 Å². The number of carbonyl (C=O) groups excluding carboxylic acids is 1. The zero-order valence-corrected chi connectivity index (χ0v) is 11.0. The van der Waals surface area contributed by atoms with E-state index in [-0.39, 0.29) is 6.17 Å². The van der Waals surface area contributed by atoms with Crippen molar-refractivity contribution < 1.29 is 4.79 Å². The zero-order valence-electron chi connectivity index (χ0n) is 11.0. The molecule has 1 aromatic heterocycles. The molecule has 1 fully saturated rings. The summed E-state index contributed by atoms with van der Waals surface area (Å²) in [5.74, 6) is 0. The molecule has 0 saturated carbocycles. The maximum absolute atomic E-state index is 10.7. The van der Waals surface area contributed by atoms with Gasteiger partial charge in [-0.3, -0.25) is 14.8 Å². The minimum atomic E-state index is 0.269. The largest absolute Gasteiger partial charge is 0.327 e. The average molecular weight is 258 g/mol. The number of rotatable bonds is 3. The Balaban J connectivity index is 2.08. The van der Waals surface area contributed by atoms with Crippen molar-refractivity contribution in [2.75, 3.05) is 11.9 Å². The first kappa shape index (κ1) is 12.2. The van der Waals surface area contributed by atoms with Gasteiger partial charge in [0.2, 0.25) is 6.41 Å². The number of piperidine rings is 1. The number of fused-ring (bicyclic) bond motifs is 1. The number of nitrogens with one attached hydrogen (secondary N) is 2. The van der Waals surface area contributed by atoms with Crippen LogP contribution in [0.3, 0.4) is 0 Å². The highest BCUT2D eigenvalue weighted by atomic mass is 16.1. The highest BCUT2D eigenvalue weighted by molar-refractivity contribution is 5.95. The van der Waals surface area contributed by atoms with Gasteiger partial charge >= 0.3 is 0 Å². The van der Waals surface area contributed by atoms with Gasteiger partial charge < -0.3 is 5.32 Å². The van der Waals surface area contributed by atoms with E-state index in [2.05, 4.69) is 27.3 Å². The van der Waals surface area contributed by atoms with E-state index in [1.54, 1.807) is 0 Å². The smallest absolute Gasteiger partial charge is 0.211 e. The Bertz CT molecular complexity index is 599. The Kier molecular flexibility index (Phi) is 3.21. The fourth-order valence-electron chi connectivity index (χ4n) is 2.77. The summed E-state index contributed by atoms with van der Waals surface area (Å²) in [6.07, 6.45) is 4.53. The third-order valence-electron chi connectivity index (χ3n) is 3.77. The van der Waals surface area contributed by atoms with Crippen LogP contribution in [-0.2, 0) is 4.79 Å². The summed E-state index contributed by atoms with van der Waals surface area (Å²) in [5, 5.41) is 12.0. The first-order valence-corrected chi connectivity index (χ1v) is 6.72. The quantitative estimate of drug-likeness (QED) is 0.830. The predicted molar refractivity (Wildman–Crippen MR) is 75.0 cm³/mol. The van der Waals surface area contributed by atoms with Gasteiger partial charge in [-0.2, -0.15) is 5.10 Å². The molecule has 0 aliphatic carbocycles. The molecule has 0 spiro atoms. The van der Waals surface area contributed by atoms with Gasteiger partial charge in [-0.25, -0.2) is 0 Å². The molecule has 2 heterocycles. The van der Waals surface area contributed by atoms with E-state index < -0.39 is 0 Å². The zero-order chi connectivity index (χ0) is 13.2. The minimum Gasteiger partial charge on any atom is -0.327 e. The molecule has 1 saturated heterocycles. The van der Waals surface area contributed by atoms with Gasteiger partial charge in [-0.1, -0.05) is 12.1 Å². The second-order valence-corrected chi connectivity index (χ2v) is 4.96. The van der Waals surface area contributed by atoms with Crippen molar-refractivity contribution >= 4 is 23.0 Å². The lowest BCUT2D eigenvalue weighted by molar-refractivity contribution is -0.105. The first-order chi connectivity index (χ1) is 9.31. The summed E-state index contributed by atoms with van der Waals surface area (Å²) in [7, 11) is 0. The van der Waals surface area contributed by atoms with Gasteiger partial charge in [0.05, 0.1) is 5.69 Å². The van der Waals surface area contributed by atoms with Crippen LogP contribution in [0, 0.1) is 6.92 Å². The molecule has 2 N–H and O–H groups in total. The fourth-order valence-corrected chi connectivity index (χ4v) is 2.77. The van der Waals surface area contributed by atoms with E-state index in [1.165, 1.54) is 12.8 Å². The van der Waals surface area contributed by atoms with E-state index in [0.29, 0.717) is 6.41 Å². The molecule has 1 unspecified atom stereocenters. The van der Waals surface area contributed by atoms with Crippen molar-refractivity contribution in [1.82, 2.24) is 15.1 Å². The first-order valence-electron chi connectivity index (χ1n) is 6.72. The lowest BCUT2D eigenvalue weighted by Crippen LogP contribution is -2.32. The van der Waals surface area contributed by atoms with Gasteiger partial charge in [0.15, 0.2) is 0 Å². The Morgan fingerprint density at radius 3 is 3.11 bits per heavy atom. The van der Waals surface area contributed by atoms with Crippen LogP contribution in [-0.4, -0.2) is 22.7 Å². The fraction of sp³-hybridized carbons (Fsp3) is 0.429. The number of aromatic nitrogens is 2. The maximum Gasteiger partial charge on any atom is 0.211 e. The molecular weight excluding hydrogens is 240 g/mol. The second kappa shape index (κ2) is 5.01. The molecule has 1 amide bonds. The SMILES string of the molecule is Cc1c2cccc(NC=O)c2nn1C1CCCCN1. The van der Waals surface area contributed by atoms with E-state index in [9.17, 15) is 4.79 Å². The molecule has 5 nitrogen and oxygen atoms in total. The van der Waals surface area contributed by atoms with Crippen LogP contribution in [0.1, 0.15) is 31.1 Å². The van der Waals surface area contributed by atoms with Crippen molar-refractivity contribution in [3.63, 3.8) is 0 Å². The van der Waals surface area contributed by atoms with Crippen LogP contribution in [0.25, 0.3) is 10.9 Å². The van der Waals surface area contributed by atoms with Crippen molar-refractivity contribution in [2.45, 2.75) is 32.4 Å². The van der Waals surface area contributed by atoms with Crippen molar-refractivity contribution in [2.24, 2.45) is 0 Å². The van der Waals surface area contributed by atoms with Gasteiger partial charge in [-0.05, 0) is 38.8 Å². The molecule has 1 aliphatic rings. The van der Waals surface area contributed by atoms with Crippen LogP contribution in [0.5, 0.6) is 0 Å². The normalized spacial score (nSPS) is 19.5. The molecule has 0 bridgehead atoms. The molecule has 0 radical (unpaired) electrons. The molecule has 3 rings (SSSR count). The number of benzene rings is 1. The second-order valence-electron chi connectivity index (χ2n) is 4.96. The molecule has 1 aliphatic heterocycles. The highest BCUT2D eigenvalue weighted by Crippen LogP contribution is 2.28. The Hall–Kier alpha value is -1.88. The van der Waals surface area contributed by atoms with Crippen molar-refractivity contribution in [1.29, 1.82) is 0 Å². The lowest BCUT2D eigenvalue weighted by atomic mass is 10.1. The van der Waals surface area contributed by atoms with E-state index >= 15 is 0 Å².